The van der Waals surface area contributed by atoms with E-state index in [0.717, 1.165) is 44.4 Å². The highest BCUT2D eigenvalue weighted by molar-refractivity contribution is 5.95. The van der Waals surface area contributed by atoms with Gasteiger partial charge in [0.25, 0.3) is 0 Å². The van der Waals surface area contributed by atoms with E-state index in [2.05, 4.69) is 53.2 Å². The van der Waals surface area contributed by atoms with E-state index in [-0.39, 0.29) is 54.9 Å². The van der Waals surface area contributed by atoms with Crippen molar-refractivity contribution < 1.29 is 38.5 Å². The van der Waals surface area contributed by atoms with Crippen LogP contribution in [-0.2, 0) is 59.4 Å². The van der Waals surface area contributed by atoms with E-state index in [1.807, 2.05) is 38.2 Å². The molecule has 14 nitrogen and oxygen atoms in total. The van der Waals surface area contributed by atoms with E-state index in [1.54, 1.807) is 32.5 Å². The third-order valence-electron chi connectivity index (χ3n) is 12.3. The first-order chi connectivity index (χ1) is 29.2. The number of aromatic nitrogens is 2. The molecule has 0 saturated carbocycles. The lowest BCUT2D eigenvalue weighted by molar-refractivity contribution is -0.156. The van der Waals surface area contributed by atoms with Crippen LogP contribution >= 0.6 is 0 Å². The molecular weight excluding hydrogens is 777 g/mol. The number of methoxy groups -OCH3 is 1. The van der Waals surface area contributed by atoms with Crippen LogP contribution in [0.2, 0.25) is 0 Å². The number of esters is 1. The van der Waals surface area contributed by atoms with Gasteiger partial charge in [-0.25, -0.2) is 5.43 Å². The fourth-order valence-electron chi connectivity index (χ4n) is 9.12. The van der Waals surface area contributed by atoms with Gasteiger partial charge in [0.2, 0.25) is 17.7 Å². The van der Waals surface area contributed by atoms with Crippen molar-refractivity contribution in [2.24, 2.45) is 23.2 Å². The SMILES string of the molecule is CCn1c(-c2cnccc2COC)c2c3cc(ccc31)-c1cc(O)cc(c1)C[C@H](CNC(=O)[C@H](C(C)C)N(C)C(=O)C1COC1)C(=O)N1CCC[C@H](N1)C(=O)OCC(C)(C)C2. The van der Waals surface area contributed by atoms with Crippen LogP contribution in [0.4, 0.5) is 0 Å². The minimum Gasteiger partial charge on any atom is -0.508 e. The molecule has 2 fully saturated rings. The van der Waals surface area contributed by atoms with Crippen molar-refractivity contribution in [3.63, 3.8) is 0 Å². The lowest BCUT2D eigenvalue weighted by atomic mass is 9.84. The molecule has 0 unspecified atom stereocenters. The van der Waals surface area contributed by atoms with Gasteiger partial charge in [0.15, 0.2) is 0 Å². The van der Waals surface area contributed by atoms with Gasteiger partial charge in [-0.05, 0) is 96.7 Å². The zero-order valence-corrected chi connectivity index (χ0v) is 36.5. The van der Waals surface area contributed by atoms with Crippen molar-refractivity contribution in [1.29, 1.82) is 0 Å². The number of benzene rings is 2. The van der Waals surface area contributed by atoms with Crippen molar-refractivity contribution in [1.82, 2.24) is 30.2 Å². The molecule has 0 radical (unpaired) electrons. The van der Waals surface area contributed by atoms with Gasteiger partial charge < -0.3 is 34.1 Å². The van der Waals surface area contributed by atoms with Crippen LogP contribution in [0.5, 0.6) is 5.75 Å². The minimum absolute atomic E-state index is 0.0377. The van der Waals surface area contributed by atoms with Gasteiger partial charge in [0.05, 0.1) is 44.0 Å². The summed E-state index contributed by atoms with van der Waals surface area (Å²) in [5.41, 5.74) is 10.1. The highest BCUT2D eigenvalue weighted by Crippen LogP contribution is 2.41. The van der Waals surface area contributed by atoms with E-state index >= 15 is 0 Å². The number of likely N-dealkylation sites (N-methyl/N-ethyl adjacent to an activating group) is 1. The van der Waals surface area contributed by atoms with Gasteiger partial charge >= 0.3 is 5.97 Å². The molecule has 0 spiro atoms. The number of carbonyl (C=O) groups is 4. The molecule has 6 bridgehead atoms. The van der Waals surface area contributed by atoms with E-state index in [0.29, 0.717) is 57.7 Å². The number of amides is 3. The maximum absolute atomic E-state index is 14.5. The maximum Gasteiger partial charge on any atom is 0.324 e. The number of nitrogens with one attached hydrogen (secondary N) is 2. The van der Waals surface area contributed by atoms with Crippen molar-refractivity contribution in [3.05, 3.63) is 71.5 Å². The molecule has 61 heavy (non-hydrogen) atoms. The van der Waals surface area contributed by atoms with Gasteiger partial charge in [-0.2, -0.15) is 0 Å². The number of fused-ring (bicyclic) bond motifs is 6. The predicted octanol–water partition coefficient (Wildman–Crippen LogP) is 5.27. The lowest BCUT2D eigenvalue weighted by Gasteiger charge is -2.37. The summed E-state index contributed by atoms with van der Waals surface area (Å²) in [6, 6.07) is 12.1. The fourth-order valence-corrected chi connectivity index (χ4v) is 9.12. The summed E-state index contributed by atoms with van der Waals surface area (Å²) in [5, 5.41) is 16.7. The molecule has 3 aliphatic heterocycles. The topological polar surface area (TPSA) is 165 Å². The number of nitrogens with zero attached hydrogens (tertiary/aromatic N) is 4. The number of carbonyl (C=O) groups excluding carboxylic acids is 4. The van der Waals surface area contributed by atoms with E-state index in [9.17, 15) is 24.3 Å². The molecule has 14 heteroatoms. The summed E-state index contributed by atoms with van der Waals surface area (Å²) in [7, 11) is 3.31. The number of phenols is 1. The smallest absolute Gasteiger partial charge is 0.324 e. The Balaban J connectivity index is 1.30. The van der Waals surface area contributed by atoms with Crippen LogP contribution in [-0.4, -0.2) is 107 Å². The summed E-state index contributed by atoms with van der Waals surface area (Å²) >= 11 is 0. The van der Waals surface area contributed by atoms with E-state index < -0.39 is 29.4 Å². The van der Waals surface area contributed by atoms with Crippen molar-refractivity contribution in [2.75, 3.05) is 47.1 Å². The first-order valence-corrected chi connectivity index (χ1v) is 21.5. The number of ether oxygens (including phenoxy) is 3. The summed E-state index contributed by atoms with van der Waals surface area (Å²) in [5.74, 6) is -2.49. The summed E-state index contributed by atoms with van der Waals surface area (Å²) in [6.45, 7) is 12.3. The summed E-state index contributed by atoms with van der Waals surface area (Å²) < 4.78 is 19.2. The largest absolute Gasteiger partial charge is 0.508 e. The lowest BCUT2D eigenvalue weighted by Crippen LogP contribution is -2.58. The molecule has 5 heterocycles. The number of cyclic esters (lactones) is 1. The van der Waals surface area contributed by atoms with Crippen LogP contribution in [0, 0.1) is 23.2 Å². The van der Waals surface area contributed by atoms with E-state index in [1.165, 1.54) is 9.91 Å². The predicted molar refractivity (Wildman–Crippen MR) is 231 cm³/mol. The van der Waals surface area contributed by atoms with E-state index in [4.69, 9.17) is 14.2 Å². The van der Waals surface area contributed by atoms with Gasteiger partial charge in [-0.15, -0.1) is 0 Å². The molecule has 2 saturated heterocycles. The Morgan fingerprint density at radius 2 is 1.90 bits per heavy atom. The number of rotatable bonds is 10. The Bertz CT molecular complexity index is 2280. The minimum atomic E-state index is -0.788. The molecule has 3 N–H and O–H groups in total. The number of hydrogen-bond acceptors (Lipinski definition) is 10. The number of aromatic hydroxyl groups is 1. The second-order valence-electron chi connectivity index (χ2n) is 17.9. The Kier molecular flexibility index (Phi) is 13.2. The zero-order chi connectivity index (χ0) is 43.6. The molecular formula is C47H60N6O8. The highest BCUT2D eigenvalue weighted by atomic mass is 16.5. The van der Waals surface area contributed by atoms with Gasteiger partial charge in [-0.1, -0.05) is 39.8 Å². The number of pyridine rings is 1. The number of phenolic OH excluding ortho intramolecular Hbond substituents is 1. The third kappa shape index (κ3) is 9.31. The molecule has 3 aliphatic rings. The Morgan fingerprint density at radius 1 is 1.11 bits per heavy atom. The molecule has 0 aliphatic carbocycles. The quantitative estimate of drug-likeness (QED) is 0.180. The average molecular weight is 837 g/mol. The second-order valence-corrected chi connectivity index (χ2v) is 17.9. The van der Waals surface area contributed by atoms with Crippen molar-refractivity contribution >= 4 is 34.6 Å². The van der Waals surface area contributed by atoms with Gasteiger partial charge in [-0.3, -0.25) is 29.2 Å². The standard InChI is InChI=1S/C47H60N6O8/c1-8-52-40-12-11-30-20-36(40)37(42(52)38-23-48-14-13-31(38)24-59-7)21-47(4,5)27-61-46(58)39-10-9-15-53(50-39)45(57)33(17-29-16-32(30)19-35(54)18-29)22-49-43(55)41(28(2)3)51(6)44(56)34-25-60-26-34/h11-14,16,18-20,23,28,33-34,39,41,50,54H,8-10,15,17,21-22,24-27H2,1-7H3,(H,49,55)/t33-,39+,41+/m1/s1. The van der Waals surface area contributed by atoms with Crippen LogP contribution in [0.1, 0.15) is 64.2 Å². The molecule has 3 amide bonds. The Morgan fingerprint density at radius 3 is 2.61 bits per heavy atom. The average Bonchev–Trinajstić information content (AvgIpc) is 3.51. The number of hydrogen-bond donors (Lipinski definition) is 3. The monoisotopic (exact) mass is 836 g/mol. The van der Waals surface area contributed by atoms with Crippen LogP contribution in [0.15, 0.2) is 54.9 Å². The van der Waals surface area contributed by atoms with Gasteiger partial charge in [0, 0.05) is 68.1 Å². The number of aryl methyl sites for hydroxylation is 1. The Hall–Kier alpha value is -5.31. The number of hydrazine groups is 1. The molecule has 7 rings (SSSR count). The summed E-state index contributed by atoms with van der Waals surface area (Å²) in [6.07, 6.45) is 5.47. The molecule has 2 aromatic carbocycles. The van der Waals surface area contributed by atoms with Crippen molar-refractivity contribution in [3.8, 4) is 28.1 Å². The molecule has 3 atom stereocenters. The first-order valence-electron chi connectivity index (χ1n) is 21.5. The molecule has 326 valence electrons. The first kappa shape index (κ1) is 43.8. The van der Waals surface area contributed by atoms with Crippen LogP contribution in [0.25, 0.3) is 33.3 Å². The summed E-state index contributed by atoms with van der Waals surface area (Å²) in [4.78, 5) is 61.4. The van der Waals surface area contributed by atoms with Crippen molar-refractivity contribution in [2.45, 2.75) is 85.5 Å². The maximum atomic E-state index is 14.5. The second kappa shape index (κ2) is 18.3. The third-order valence-corrected chi connectivity index (χ3v) is 12.3. The molecule has 4 aromatic rings. The Labute approximate surface area is 357 Å². The van der Waals surface area contributed by atoms with Crippen LogP contribution < -0.4 is 10.7 Å². The highest BCUT2D eigenvalue weighted by Gasteiger charge is 2.38. The molecule has 2 aromatic heterocycles. The van der Waals surface area contributed by atoms with Crippen LogP contribution in [0.3, 0.4) is 0 Å². The fraction of sp³-hybridized carbons (Fsp3) is 0.511. The zero-order valence-electron chi connectivity index (χ0n) is 36.5. The normalized spacial score (nSPS) is 20.2. The van der Waals surface area contributed by atoms with Gasteiger partial charge in [0.1, 0.15) is 17.8 Å².